The molecule has 0 N–H and O–H groups in total. The maximum atomic E-state index is 11.4. The molecule has 3 nitrogen and oxygen atoms in total. The Balaban J connectivity index is 2.51. The molecule has 1 aliphatic heterocycles. The minimum absolute atomic E-state index is 0.277. The summed E-state index contributed by atoms with van der Waals surface area (Å²) in [5, 5.41) is 0.636. The van der Waals surface area contributed by atoms with Crippen LogP contribution in [-0.2, 0) is 4.74 Å². The van der Waals surface area contributed by atoms with Crippen LogP contribution < -0.4 is 4.90 Å². The number of carbonyl (C=O) groups excluding carboxylic acids is 1. The number of benzene rings is 1. The Kier molecular flexibility index (Phi) is 2.33. The first-order valence-electron chi connectivity index (χ1n) is 4.44. The molecule has 0 radical (unpaired) electrons. The fourth-order valence-corrected chi connectivity index (χ4v) is 1.65. The van der Waals surface area contributed by atoms with E-state index >= 15 is 0 Å². The maximum Gasteiger partial charge on any atom is 0.341 e. The number of ether oxygens (including phenoxy) is 1. The summed E-state index contributed by atoms with van der Waals surface area (Å²) in [6.45, 7) is 3.10. The molecular weight excluding hydrogens is 202 g/mol. The molecule has 0 unspecified atom stereocenters. The molecule has 0 saturated carbocycles. The summed E-state index contributed by atoms with van der Waals surface area (Å²) in [4.78, 5) is 13.3. The number of cyclic esters (lactones) is 1. The molecule has 0 aliphatic carbocycles. The fourth-order valence-electron chi connectivity index (χ4n) is 1.48. The number of hydrogen-bond donors (Lipinski definition) is 0. The highest BCUT2D eigenvalue weighted by atomic mass is 35.5. The third-order valence-electron chi connectivity index (χ3n) is 2.25. The Morgan fingerprint density at radius 1 is 1.57 bits per heavy atom. The number of carbonyl (C=O) groups is 1. The van der Waals surface area contributed by atoms with Gasteiger partial charge >= 0.3 is 5.97 Å². The molecule has 14 heavy (non-hydrogen) atoms. The van der Waals surface area contributed by atoms with Gasteiger partial charge in [-0.3, -0.25) is 0 Å². The number of anilines is 1. The summed E-state index contributed by atoms with van der Waals surface area (Å²) in [5.41, 5.74) is 1.44. The van der Waals surface area contributed by atoms with Crippen LogP contribution in [0.3, 0.4) is 0 Å². The number of halogens is 1. The minimum Gasteiger partial charge on any atom is -0.441 e. The van der Waals surface area contributed by atoms with Crippen molar-refractivity contribution in [1.82, 2.24) is 0 Å². The number of esters is 1. The molecule has 1 aromatic rings. The predicted molar refractivity (Wildman–Crippen MR) is 54.8 cm³/mol. The van der Waals surface area contributed by atoms with Crippen LogP contribution in [0.25, 0.3) is 0 Å². The summed E-state index contributed by atoms with van der Waals surface area (Å²) in [7, 11) is 0. The van der Waals surface area contributed by atoms with Crippen molar-refractivity contribution in [1.29, 1.82) is 0 Å². The van der Waals surface area contributed by atoms with Crippen molar-refractivity contribution in [2.24, 2.45) is 0 Å². The van der Waals surface area contributed by atoms with Crippen molar-refractivity contribution >= 4 is 23.3 Å². The van der Waals surface area contributed by atoms with E-state index in [1.165, 1.54) is 0 Å². The van der Waals surface area contributed by atoms with Crippen LogP contribution in [0.5, 0.6) is 0 Å². The lowest BCUT2D eigenvalue weighted by Gasteiger charge is -2.29. The first kappa shape index (κ1) is 9.34. The summed E-state index contributed by atoms with van der Waals surface area (Å²) in [6.07, 6.45) is 0. The Labute approximate surface area is 87.2 Å². The van der Waals surface area contributed by atoms with E-state index in [1.54, 1.807) is 18.2 Å². The Morgan fingerprint density at radius 2 is 2.36 bits per heavy atom. The van der Waals surface area contributed by atoms with Gasteiger partial charge in [-0.1, -0.05) is 11.6 Å². The Hall–Kier alpha value is -1.22. The average Bonchev–Trinajstić information content (AvgIpc) is 2.18. The van der Waals surface area contributed by atoms with Gasteiger partial charge in [0.05, 0.1) is 11.3 Å². The Bertz CT molecular complexity index is 378. The van der Waals surface area contributed by atoms with Crippen molar-refractivity contribution in [2.45, 2.75) is 6.92 Å². The zero-order chi connectivity index (χ0) is 10.1. The van der Waals surface area contributed by atoms with Crippen LogP contribution >= 0.6 is 11.6 Å². The van der Waals surface area contributed by atoms with Crippen LogP contribution in [0, 0.1) is 0 Å². The molecule has 0 bridgehead atoms. The SMILES string of the molecule is CCN1COC(=O)c2ccc(Cl)cc21. The third kappa shape index (κ3) is 1.44. The van der Waals surface area contributed by atoms with Crippen LogP contribution in [0.2, 0.25) is 5.02 Å². The van der Waals surface area contributed by atoms with Gasteiger partial charge in [-0.15, -0.1) is 0 Å². The van der Waals surface area contributed by atoms with Gasteiger partial charge in [-0.25, -0.2) is 4.79 Å². The number of nitrogens with zero attached hydrogens (tertiary/aromatic N) is 1. The summed E-state index contributed by atoms with van der Waals surface area (Å²) >= 11 is 5.87. The standard InChI is InChI=1S/C10H10ClNO2/c1-2-12-6-14-10(13)8-4-3-7(11)5-9(8)12/h3-5H,2,6H2,1H3. The number of rotatable bonds is 1. The van der Waals surface area contributed by atoms with Crippen molar-refractivity contribution in [3.05, 3.63) is 28.8 Å². The summed E-state index contributed by atoms with van der Waals surface area (Å²) in [6, 6.07) is 5.18. The quantitative estimate of drug-likeness (QED) is 0.668. The highest BCUT2D eigenvalue weighted by Crippen LogP contribution is 2.28. The highest BCUT2D eigenvalue weighted by Gasteiger charge is 2.23. The van der Waals surface area contributed by atoms with Gasteiger partial charge in [-0.05, 0) is 25.1 Å². The molecule has 0 saturated heterocycles. The van der Waals surface area contributed by atoms with Gasteiger partial charge in [0.1, 0.15) is 0 Å². The van der Waals surface area contributed by atoms with E-state index in [0.717, 1.165) is 12.2 Å². The molecule has 1 heterocycles. The number of fused-ring (bicyclic) bond motifs is 1. The van der Waals surface area contributed by atoms with Gasteiger partial charge < -0.3 is 9.64 Å². The van der Waals surface area contributed by atoms with E-state index in [2.05, 4.69) is 0 Å². The van der Waals surface area contributed by atoms with E-state index in [-0.39, 0.29) is 5.97 Å². The molecule has 2 rings (SSSR count). The lowest BCUT2D eigenvalue weighted by Crippen LogP contribution is -2.33. The Morgan fingerprint density at radius 3 is 3.07 bits per heavy atom. The van der Waals surface area contributed by atoms with Crippen LogP contribution in [-0.4, -0.2) is 19.2 Å². The van der Waals surface area contributed by atoms with Gasteiger partial charge in [-0.2, -0.15) is 0 Å². The third-order valence-corrected chi connectivity index (χ3v) is 2.49. The normalized spacial score (nSPS) is 15.0. The van der Waals surface area contributed by atoms with Crippen LogP contribution in [0.4, 0.5) is 5.69 Å². The van der Waals surface area contributed by atoms with Crippen molar-refractivity contribution in [3.8, 4) is 0 Å². The van der Waals surface area contributed by atoms with E-state index in [9.17, 15) is 4.79 Å². The lowest BCUT2D eigenvalue weighted by molar-refractivity contribution is 0.0482. The van der Waals surface area contributed by atoms with E-state index in [1.807, 2.05) is 11.8 Å². The van der Waals surface area contributed by atoms with E-state index in [4.69, 9.17) is 16.3 Å². The first-order valence-corrected chi connectivity index (χ1v) is 4.82. The van der Waals surface area contributed by atoms with Gasteiger partial charge in [0, 0.05) is 11.6 Å². The zero-order valence-corrected chi connectivity index (χ0v) is 8.54. The average molecular weight is 212 g/mol. The topological polar surface area (TPSA) is 29.5 Å². The number of hydrogen-bond acceptors (Lipinski definition) is 3. The molecule has 0 amide bonds. The monoisotopic (exact) mass is 211 g/mol. The second-order valence-electron chi connectivity index (χ2n) is 3.08. The summed E-state index contributed by atoms with van der Waals surface area (Å²) in [5.74, 6) is -0.277. The van der Waals surface area contributed by atoms with Crippen molar-refractivity contribution in [3.63, 3.8) is 0 Å². The first-order chi connectivity index (χ1) is 6.72. The fraction of sp³-hybridized carbons (Fsp3) is 0.300. The predicted octanol–water partition coefficient (Wildman–Crippen LogP) is 2.29. The maximum absolute atomic E-state index is 11.4. The second kappa shape index (κ2) is 3.50. The zero-order valence-electron chi connectivity index (χ0n) is 7.79. The molecule has 4 heteroatoms. The molecule has 0 atom stereocenters. The molecule has 1 aromatic carbocycles. The lowest BCUT2D eigenvalue weighted by atomic mass is 10.1. The largest absolute Gasteiger partial charge is 0.441 e. The molecule has 0 spiro atoms. The highest BCUT2D eigenvalue weighted by molar-refractivity contribution is 6.31. The molecule has 0 aromatic heterocycles. The molecular formula is C10H10ClNO2. The van der Waals surface area contributed by atoms with Crippen LogP contribution in [0.1, 0.15) is 17.3 Å². The molecule has 1 aliphatic rings. The van der Waals surface area contributed by atoms with Crippen molar-refractivity contribution < 1.29 is 9.53 Å². The van der Waals surface area contributed by atoms with Gasteiger partial charge in [0.15, 0.2) is 6.73 Å². The second-order valence-corrected chi connectivity index (χ2v) is 3.51. The minimum atomic E-state index is -0.277. The smallest absolute Gasteiger partial charge is 0.341 e. The van der Waals surface area contributed by atoms with Crippen LogP contribution in [0.15, 0.2) is 18.2 Å². The van der Waals surface area contributed by atoms with Gasteiger partial charge in [0.2, 0.25) is 0 Å². The molecule has 74 valence electrons. The van der Waals surface area contributed by atoms with Gasteiger partial charge in [0.25, 0.3) is 0 Å². The van der Waals surface area contributed by atoms with E-state index in [0.29, 0.717) is 17.3 Å². The molecule has 0 fully saturated rings. The summed E-state index contributed by atoms with van der Waals surface area (Å²) < 4.78 is 4.99. The van der Waals surface area contributed by atoms with Crippen molar-refractivity contribution in [2.75, 3.05) is 18.2 Å². The van der Waals surface area contributed by atoms with E-state index < -0.39 is 0 Å².